The van der Waals surface area contributed by atoms with Crippen LogP contribution in [0.4, 0.5) is 0 Å². The number of benzene rings is 1. The third-order valence-corrected chi connectivity index (χ3v) is 3.98. The monoisotopic (exact) mass is 275 g/mol. The minimum absolute atomic E-state index is 0.139. The van der Waals surface area contributed by atoms with Crippen LogP contribution in [0.5, 0.6) is 11.5 Å². The Hall–Kier alpha value is -1.55. The van der Waals surface area contributed by atoms with E-state index >= 15 is 0 Å². The van der Waals surface area contributed by atoms with Crippen molar-refractivity contribution < 1.29 is 14.3 Å². The first-order valence-corrected chi connectivity index (χ1v) is 7.38. The number of ether oxygens (including phenoxy) is 2. The average molecular weight is 275 g/mol. The van der Waals surface area contributed by atoms with Gasteiger partial charge in [0, 0.05) is 17.4 Å². The maximum atomic E-state index is 12.5. The second kappa shape index (κ2) is 5.83. The topological polar surface area (TPSA) is 47.6 Å². The zero-order valence-corrected chi connectivity index (χ0v) is 11.9. The van der Waals surface area contributed by atoms with E-state index in [2.05, 4.69) is 12.2 Å². The standard InChI is InChI=1S/C16H21NO3/c1-11-9-19-14-3-2-13(8-15(14)20-10-11)16(18)12-4-6-17-7-5-12/h2-3,8,11-12,17H,4-7,9-10H2,1H3. The molecule has 0 bridgehead atoms. The van der Waals surface area contributed by atoms with Gasteiger partial charge in [-0.2, -0.15) is 0 Å². The molecular weight excluding hydrogens is 254 g/mol. The Morgan fingerprint density at radius 2 is 1.85 bits per heavy atom. The van der Waals surface area contributed by atoms with Crippen LogP contribution in [0.2, 0.25) is 0 Å². The van der Waals surface area contributed by atoms with E-state index in [1.54, 1.807) is 0 Å². The molecule has 1 aromatic carbocycles. The number of rotatable bonds is 2. The number of ketones is 1. The van der Waals surface area contributed by atoms with E-state index in [1.165, 1.54) is 0 Å². The first-order valence-electron chi connectivity index (χ1n) is 7.38. The van der Waals surface area contributed by atoms with Crippen molar-refractivity contribution in [3.05, 3.63) is 23.8 Å². The molecule has 0 saturated carbocycles. The lowest BCUT2D eigenvalue weighted by Gasteiger charge is -2.21. The van der Waals surface area contributed by atoms with Crippen LogP contribution in [-0.4, -0.2) is 32.1 Å². The Morgan fingerprint density at radius 1 is 1.15 bits per heavy atom. The molecule has 4 nitrogen and oxygen atoms in total. The van der Waals surface area contributed by atoms with Crippen LogP contribution in [0, 0.1) is 11.8 Å². The number of nitrogens with one attached hydrogen (secondary N) is 1. The fraction of sp³-hybridized carbons (Fsp3) is 0.562. The predicted molar refractivity (Wildman–Crippen MR) is 76.5 cm³/mol. The number of Topliss-reactive ketones (excluding diaryl/α,β-unsaturated/α-hetero) is 1. The maximum absolute atomic E-state index is 12.5. The van der Waals surface area contributed by atoms with E-state index in [0.717, 1.165) is 37.2 Å². The molecule has 1 unspecified atom stereocenters. The van der Waals surface area contributed by atoms with Crippen LogP contribution in [0.1, 0.15) is 30.1 Å². The van der Waals surface area contributed by atoms with Crippen LogP contribution < -0.4 is 14.8 Å². The van der Waals surface area contributed by atoms with E-state index in [0.29, 0.717) is 24.9 Å². The largest absolute Gasteiger partial charge is 0.489 e. The second-order valence-corrected chi connectivity index (χ2v) is 5.78. The highest BCUT2D eigenvalue weighted by atomic mass is 16.5. The van der Waals surface area contributed by atoms with E-state index in [1.807, 2.05) is 18.2 Å². The van der Waals surface area contributed by atoms with Crippen molar-refractivity contribution >= 4 is 5.78 Å². The van der Waals surface area contributed by atoms with Gasteiger partial charge < -0.3 is 14.8 Å². The minimum atomic E-state index is 0.139. The van der Waals surface area contributed by atoms with Gasteiger partial charge in [-0.3, -0.25) is 4.79 Å². The van der Waals surface area contributed by atoms with Crippen molar-refractivity contribution in [3.8, 4) is 11.5 Å². The summed E-state index contributed by atoms with van der Waals surface area (Å²) in [5, 5.41) is 3.29. The van der Waals surface area contributed by atoms with Crippen LogP contribution in [0.3, 0.4) is 0 Å². The molecule has 1 N–H and O–H groups in total. The lowest BCUT2D eigenvalue weighted by molar-refractivity contribution is 0.0894. The molecule has 0 aromatic heterocycles. The van der Waals surface area contributed by atoms with E-state index in [9.17, 15) is 4.79 Å². The summed E-state index contributed by atoms with van der Waals surface area (Å²) in [5.74, 6) is 2.19. The molecule has 2 aliphatic rings. The molecule has 2 aliphatic heterocycles. The number of piperidine rings is 1. The second-order valence-electron chi connectivity index (χ2n) is 5.78. The molecular formula is C16H21NO3. The molecule has 0 radical (unpaired) electrons. The third kappa shape index (κ3) is 2.80. The van der Waals surface area contributed by atoms with Crippen molar-refractivity contribution in [2.75, 3.05) is 26.3 Å². The Morgan fingerprint density at radius 3 is 2.60 bits per heavy atom. The summed E-state index contributed by atoms with van der Waals surface area (Å²) in [6.45, 7) is 5.25. The molecule has 0 amide bonds. The van der Waals surface area contributed by atoms with Crippen molar-refractivity contribution in [1.82, 2.24) is 5.32 Å². The van der Waals surface area contributed by atoms with Gasteiger partial charge in [-0.25, -0.2) is 0 Å². The number of hydrogen-bond donors (Lipinski definition) is 1. The summed E-state index contributed by atoms with van der Waals surface area (Å²) in [7, 11) is 0. The van der Waals surface area contributed by atoms with E-state index in [4.69, 9.17) is 9.47 Å². The molecule has 1 atom stereocenters. The summed E-state index contributed by atoms with van der Waals surface area (Å²) in [4.78, 5) is 12.5. The number of carbonyl (C=O) groups is 1. The molecule has 20 heavy (non-hydrogen) atoms. The van der Waals surface area contributed by atoms with Crippen LogP contribution in [0.15, 0.2) is 18.2 Å². The zero-order valence-electron chi connectivity index (χ0n) is 11.9. The van der Waals surface area contributed by atoms with E-state index in [-0.39, 0.29) is 11.7 Å². The molecule has 1 fully saturated rings. The Balaban J connectivity index is 1.79. The van der Waals surface area contributed by atoms with Crippen LogP contribution in [0.25, 0.3) is 0 Å². The summed E-state index contributed by atoms with van der Waals surface area (Å²) in [5.41, 5.74) is 0.744. The third-order valence-electron chi connectivity index (χ3n) is 3.98. The van der Waals surface area contributed by atoms with Gasteiger partial charge in [0.15, 0.2) is 17.3 Å². The molecule has 1 saturated heterocycles. The van der Waals surface area contributed by atoms with Crippen LogP contribution >= 0.6 is 0 Å². The van der Waals surface area contributed by atoms with Gasteiger partial charge in [0.1, 0.15) is 0 Å². The highest BCUT2D eigenvalue weighted by Crippen LogP contribution is 2.32. The Bertz CT molecular complexity index is 494. The van der Waals surface area contributed by atoms with Gasteiger partial charge in [0.2, 0.25) is 0 Å². The average Bonchev–Trinajstić information content (AvgIpc) is 2.69. The first kappa shape index (κ1) is 13.4. The molecule has 4 heteroatoms. The van der Waals surface area contributed by atoms with Gasteiger partial charge >= 0.3 is 0 Å². The first-order chi connectivity index (χ1) is 9.74. The highest BCUT2D eigenvalue weighted by molar-refractivity contribution is 5.98. The zero-order chi connectivity index (χ0) is 13.9. The normalized spacial score (nSPS) is 23.1. The van der Waals surface area contributed by atoms with Crippen molar-refractivity contribution in [2.45, 2.75) is 19.8 Å². The minimum Gasteiger partial charge on any atom is -0.489 e. The Kier molecular flexibility index (Phi) is 3.92. The highest BCUT2D eigenvalue weighted by Gasteiger charge is 2.24. The molecule has 1 aromatic rings. The van der Waals surface area contributed by atoms with E-state index < -0.39 is 0 Å². The smallest absolute Gasteiger partial charge is 0.166 e. The maximum Gasteiger partial charge on any atom is 0.166 e. The summed E-state index contributed by atoms with van der Waals surface area (Å²) < 4.78 is 11.4. The van der Waals surface area contributed by atoms with Gasteiger partial charge in [0.25, 0.3) is 0 Å². The number of carbonyl (C=O) groups excluding carboxylic acids is 1. The summed E-state index contributed by atoms with van der Waals surface area (Å²) >= 11 is 0. The molecule has 108 valence electrons. The molecule has 0 spiro atoms. The quantitative estimate of drug-likeness (QED) is 0.841. The fourth-order valence-corrected chi connectivity index (χ4v) is 2.73. The number of fused-ring (bicyclic) bond motifs is 1. The summed E-state index contributed by atoms with van der Waals surface area (Å²) in [6, 6.07) is 5.57. The number of hydrogen-bond acceptors (Lipinski definition) is 4. The molecule has 2 heterocycles. The lowest BCUT2D eigenvalue weighted by Crippen LogP contribution is -2.31. The Labute approximate surface area is 119 Å². The summed E-state index contributed by atoms with van der Waals surface area (Å²) in [6.07, 6.45) is 1.84. The van der Waals surface area contributed by atoms with Gasteiger partial charge in [-0.1, -0.05) is 6.92 Å². The predicted octanol–water partition coefficient (Wildman–Crippen LogP) is 2.28. The molecule has 0 aliphatic carbocycles. The van der Waals surface area contributed by atoms with Gasteiger partial charge in [-0.15, -0.1) is 0 Å². The lowest BCUT2D eigenvalue weighted by atomic mass is 9.89. The fourth-order valence-electron chi connectivity index (χ4n) is 2.73. The van der Waals surface area contributed by atoms with Crippen molar-refractivity contribution in [3.63, 3.8) is 0 Å². The van der Waals surface area contributed by atoms with Crippen molar-refractivity contribution in [1.29, 1.82) is 0 Å². The van der Waals surface area contributed by atoms with Crippen LogP contribution in [-0.2, 0) is 0 Å². The SMILES string of the molecule is CC1COc2ccc(C(=O)C3CCNCC3)cc2OC1. The van der Waals surface area contributed by atoms with Crippen molar-refractivity contribution in [2.24, 2.45) is 11.8 Å². The van der Waals surface area contributed by atoms with Gasteiger partial charge in [0.05, 0.1) is 13.2 Å². The van der Waals surface area contributed by atoms with Gasteiger partial charge in [-0.05, 0) is 44.1 Å². The molecule has 3 rings (SSSR count).